The molecule has 0 radical (unpaired) electrons. The molecule has 0 atom stereocenters. The summed E-state index contributed by atoms with van der Waals surface area (Å²) in [5, 5.41) is 14.2. The molecule has 0 bridgehead atoms. The van der Waals surface area contributed by atoms with E-state index in [4.69, 9.17) is 32.7 Å². The zero-order valence-electron chi connectivity index (χ0n) is 13.7. The Kier molecular flexibility index (Phi) is 5.42. The first-order chi connectivity index (χ1) is 12.5. The molecule has 132 valence electrons. The summed E-state index contributed by atoms with van der Waals surface area (Å²) in [7, 11) is 3.09. The van der Waals surface area contributed by atoms with Crippen LogP contribution in [-0.4, -0.2) is 19.2 Å². The van der Waals surface area contributed by atoms with Crippen molar-refractivity contribution in [1.29, 1.82) is 5.26 Å². The van der Waals surface area contributed by atoms with Gasteiger partial charge in [0.05, 0.1) is 51.2 Å². The van der Waals surface area contributed by atoms with Crippen LogP contribution in [0.4, 0.5) is 11.4 Å². The van der Waals surface area contributed by atoms with E-state index in [9.17, 15) is 5.26 Å². The molecule has 1 heterocycles. The van der Waals surface area contributed by atoms with Crippen molar-refractivity contribution in [2.24, 2.45) is 0 Å². The highest BCUT2D eigenvalue weighted by atomic mass is 79.9. The van der Waals surface area contributed by atoms with Gasteiger partial charge < -0.3 is 14.8 Å². The van der Waals surface area contributed by atoms with Crippen LogP contribution < -0.4 is 14.8 Å². The minimum atomic E-state index is 0.367. The maximum Gasteiger partial charge on any atom is 0.139 e. The van der Waals surface area contributed by atoms with Crippen molar-refractivity contribution in [2.45, 2.75) is 0 Å². The highest BCUT2D eigenvalue weighted by Crippen LogP contribution is 2.39. The van der Waals surface area contributed by atoms with Gasteiger partial charge in [0.15, 0.2) is 0 Å². The summed E-state index contributed by atoms with van der Waals surface area (Å²) in [5.74, 6) is 1.09. The summed E-state index contributed by atoms with van der Waals surface area (Å²) >= 11 is 15.8. The monoisotopic (exact) mass is 451 g/mol. The number of nitrogens with one attached hydrogen (secondary N) is 1. The second kappa shape index (κ2) is 7.58. The molecule has 0 saturated heterocycles. The van der Waals surface area contributed by atoms with Gasteiger partial charge in [0, 0.05) is 17.6 Å². The van der Waals surface area contributed by atoms with Crippen molar-refractivity contribution in [1.82, 2.24) is 4.98 Å². The summed E-state index contributed by atoms with van der Waals surface area (Å²) in [5.41, 5.74) is 2.18. The summed E-state index contributed by atoms with van der Waals surface area (Å²) in [6.07, 6.45) is 1.50. The van der Waals surface area contributed by atoms with Crippen LogP contribution in [0.5, 0.6) is 11.5 Å². The molecule has 0 saturated carbocycles. The van der Waals surface area contributed by atoms with E-state index in [1.54, 1.807) is 25.3 Å². The summed E-state index contributed by atoms with van der Waals surface area (Å²) in [4.78, 5) is 4.33. The molecule has 2 aromatic carbocycles. The number of benzene rings is 2. The topological polar surface area (TPSA) is 67.2 Å². The van der Waals surface area contributed by atoms with Crippen LogP contribution in [0.1, 0.15) is 5.56 Å². The van der Waals surface area contributed by atoms with E-state index < -0.39 is 0 Å². The van der Waals surface area contributed by atoms with E-state index in [0.29, 0.717) is 49.4 Å². The molecule has 3 rings (SSSR count). The van der Waals surface area contributed by atoms with Crippen molar-refractivity contribution in [3.05, 3.63) is 50.5 Å². The molecule has 8 heteroatoms. The number of rotatable bonds is 4. The fraction of sp³-hybridized carbons (Fsp3) is 0.111. The molecule has 1 N–H and O–H groups in total. The Morgan fingerprint density at radius 2 is 1.81 bits per heavy atom. The molecular weight excluding hydrogens is 441 g/mol. The second-order valence-corrected chi connectivity index (χ2v) is 6.92. The van der Waals surface area contributed by atoms with Gasteiger partial charge in [-0.3, -0.25) is 4.98 Å². The minimum Gasteiger partial charge on any atom is -0.496 e. The number of fused-ring (bicyclic) bond motifs is 1. The van der Waals surface area contributed by atoms with Gasteiger partial charge in [-0.1, -0.05) is 23.2 Å². The average Bonchev–Trinajstić information content (AvgIpc) is 2.63. The smallest absolute Gasteiger partial charge is 0.139 e. The average molecular weight is 453 g/mol. The van der Waals surface area contributed by atoms with Crippen LogP contribution in [0.2, 0.25) is 10.0 Å². The lowest BCUT2D eigenvalue weighted by Crippen LogP contribution is -1.99. The maximum absolute atomic E-state index is 9.50. The predicted molar refractivity (Wildman–Crippen MR) is 107 cm³/mol. The number of pyridine rings is 1. The number of methoxy groups -OCH3 is 2. The molecule has 5 nitrogen and oxygen atoms in total. The Morgan fingerprint density at radius 1 is 1.08 bits per heavy atom. The van der Waals surface area contributed by atoms with E-state index in [2.05, 4.69) is 32.3 Å². The van der Waals surface area contributed by atoms with Crippen molar-refractivity contribution in [3.8, 4) is 17.6 Å². The third-order valence-corrected chi connectivity index (χ3v) is 4.99. The zero-order chi connectivity index (χ0) is 18.8. The van der Waals surface area contributed by atoms with Gasteiger partial charge in [0.25, 0.3) is 0 Å². The second-order valence-electron chi connectivity index (χ2n) is 5.25. The zero-order valence-corrected chi connectivity index (χ0v) is 16.8. The van der Waals surface area contributed by atoms with E-state index >= 15 is 0 Å². The van der Waals surface area contributed by atoms with Crippen LogP contribution in [0.3, 0.4) is 0 Å². The number of hydrogen-bond acceptors (Lipinski definition) is 5. The van der Waals surface area contributed by atoms with Crippen molar-refractivity contribution in [3.63, 3.8) is 0 Å². The molecule has 3 aromatic rings. The van der Waals surface area contributed by atoms with Crippen LogP contribution in [0.15, 0.2) is 34.9 Å². The van der Waals surface area contributed by atoms with E-state index in [0.717, 1.165) is 4.47 Å². The largest absolute Gasteiger partial charge is 0.496 e. The van der Waals surface area contributed by atoms with Crippen LogP contribution in [0.25, 0.3) is 10.9 Å². The lowest BCUT2D eigenvalue weighted by molar-refractivity contribution is 0.413. The van der Waals surface area contributed by atoms with Gasteiger partial charge in [-0.15, -0.1) is 0 Å². The van der Waals surface area contributed by atoms with Crippen LogP contribution >= 0.6 is 39.1 Å². The lowest BCUT2D eigenvalue weighted by Gasteiger charge is -2.15. The Morgan fingerprint density at radius 3 is 2.46 bits per heavy atom. The van der Waals surface area contributed by atoms with E-state index in [1.807, 2.05) is 6.07 Å². The Hall–Kier alpha value is -2.20. The van der Waals surface area contributed by atoms with E-state index in [-0.39, 0.29) is 0 Å². The fourth-order valence-corrected chi connectivity index (χ4v) is 3.49. The van der Waals surface area contributed by atoms with Crippen LogP contribution in [0, 0.1) is 11.3 Å². The normalized spacial score (nSPS) is 10.5. The third-order valence-electron chi connectivity index (χ3n) is 3.76. The molecule has 0 unspecified atom stereocenters. The Balaban J connectivity index is 2.22. The molecule has 0 fully saturated rings. The molecule has 0 amide bonds. The molecule has 26 heavy (non-hydrogen) atoms. The van der Waals surface area contributed by atoms with Gasteiger partial charge in [0.1, 0.15) is 17.6 Å². The quantitative estimate of drug-likeness (QED) is 0.530. The first-order valence-corrected chi connectivity index (χ1v) is 8.89. The molecule has 0 aliphatic carbocycles. The summed E-state index contributed by atoms with van der Waals surface area (Å²) < 4.78 is 11.4. The standard InChI is InChI=1S/C18H12BrCl2N3O2/c1-25-16-3-10-14(4-11(16)19)23-8-9(7-22)18(10)24-15-6-17(26-2)13(21)5-12(15)20/h3-6,8H,1-2H3,(H,23,24). The number of ether oxygens (including phenoxy) is 2. The van der Waals surface area contributed by atoms with Crippen molar-refractivity contribution >= 4 is 61.4 Å². The highest BCUT2D eigenvalue weighted by molar-refractivity contribution is 9.10. The van der Waals surface area contributed by atoms with Crippen molar-refractivity contribution < 1.29 is 9.47 Å². The first-order valence-electron chi connectivity index (χ1n) is 7.35. The number of aromatic nitrogens is 1. The number of hydrogen-bond donors (Lipinski definition) is 1. The molecule has 1 aromatic heterocycles. The molecule has 0 spiro atoms. The number of halogens is 3. The number of anilines is 2. The molecule has 0 aliphatic heterocycles. The van der Waals surface area contributed by atoms with Crippen LogP contribution in [-0.2, 0) is 0 Å². The fourth-order valence-electron chi connectivity index (χ4n) is 2.49. The lowest BCUT2D eigenvalue weighted by atomic mass is 10.1. The summed E-state index contributed by atoms with van der Waals surface area (Å²) in [6, 6.07) is 9.02. The van der Waals surface area contributed by atoms with Gasteiger partial charge in [-0.25, -0.2) is 0 Å². The number of nitrogens with zero attached hydrogens (tertiary/aromatic N) is 2. The predicted octanol–water partition coefficient (Wildman–Crippen LogP) is 5.94. The highest BCUT2D eigenvalue weighted by Gasteiger charge is 2.15. The number of nitriles is 1. The SMILES string of the molecule is COc1cc(Nc2c(C#N)cnc3cc(Br)c(OC)cc23)c(Cl)cc1Cl. The summed E-state index contributed by atoms with van der Waals surface area (Å²) in [6.45, 7) is 0. The van der Waals surface area contributed by atoms with Gasteiger partial charge in [-0.2, -0.15) is 5.26 Å². The third kappa shape index (κ3) is 3.38. The van der Waals surface area contributed by atoms with Gasteiger partial charge >= 0.3 is 0 Å². The Bertz CT molecular complexity index is 1050. The Labute approximate surface area is 168 Å². The van der Waals surface area contributed by atoms with E-state index in [1.165, 1.54) is 13.3 Å². The minimum absolute atomic E-state index is 0.367. The maximum atomic E-state index is 9.50. The van der Waals surface area contributed by atoms with Gasteiger partial charge in [-0.05, 0) is 34.1 Å². The van der Waals surface area contributed by atoms with Crippen molar-refractivity contribution in [2.75, 3.05) is 19.5 Å². The molecule has 0 aliphatic rings. The first kappa shape index (κ1) is 18.6. The van der Waals surface area contributed by atoms with Gasteiger partial charge in [0.2, 0.25) is 0 Å². The molecular formula is C18H12BrCl2N3O2.